The minimum Gasteiger partial charge on any atom is -0.396 e. The summed E-state index contributed by atoms with van der Waals surface area (Å²) >= 11 is 1.60. The fraction of sp³-hybridized carbons (Fsp3) is 0.350. The highest BCUT2D eigenvalue weighted by atomic mass is 32.2. The second kappa shape index (κ2) is 8.90. The van der Waals surface area contributed by atoms with Gasteiger partial charge in [-0.1, -0.05) is 55.9 Å². The molecule has 0 fully saturated rings. The van der Waals surface area contributed by atoms with E-state index in [1.54, 1.807) is 11.8 Å². The molecule has 0 saturated carbocycles. The van der Waals surface area contributed by atoms with Crippen LogP contribution in [0.2, 0.25) is 0 Å². The first-order chi connectivity index (χ1) is 11.5. The van der Waals surface area contributed by atoms with Gasteiger partial charge >= 0.3 is 0 Å². The predicted molar refractivity (Wildman–Crippen MR) is 99.4 cm³/mol. The minimum atomic E-state index is -0.0915. The maximum absolute atomic E-state index is 12.5. The van der Waals surface area contributed by atoms with Crippen molar-refractivity contribution in [3.63, 3.8) is 0 Å². The topological polar surface area (TPSA) is 49.3 Å². The van der Waals surface area contributed by atoms with Crippen LogP contribution >= 0.6 is 11.8 Å². The van der Waals surface area contributed by atoms with E-state index in [1.165, 1.54) is 0 Å². The number of carbonyl (C=O) groups is 1. The van der Waals surface area contributed by atoms with Crippen LogP contribution < -0.4 is 5.32 Å². The Hall–Kier alpha value is -1.78. The van der Waals surface area contributed by atoms with Crippen LogP contribution in [-0.4, -0.2) is 24.2 Å². The highest BCUT2D eigenvalue weighted by molar-refractivity contribution is 7.99. The molecule has 0 atom stereocenters. The van der Waals surface area contributed by atoms with Gasteiger partial charge in [-0.2, -0.15) is 0 Å². The molecule has 0 aliphatic heterocycles. The molecule has 4 heteroatoms. The Bertz CT molecular complexity index is 656. The quantitative estimate of drug-likeness (QED) is 0.700. The molecule has 0 saturated heterocycles. The Labute approximate surface area is 148 Å². The standard InChI is InChI=1S/C20H25NO2S/c1-20(2,15-22)13-8-14-21-19(23)17-11-6-7-12-18(17)24-16-9-4-3-5-10-16/h3-7,9-12,22H,8,13-15H2,1-2H3,(H,21,23). The van der Waals surface area contributed by atoms with E-state index < -0.39 is 0 Å². The molecule has 2 N–H and O–H groups in total. The lowest BCUT2D eigenvalue weighted by Crippen LogP contribution is -2.26. The van der Waals surface area contributed by atoms with Gasteiger partial charge in [0, 0.05) is 22.9 Å². The van der Waals surface area contributed by atoms with Crippen LogP contribution in [0.3, 0.4) is 0 Å². The van der Waals surface area contributed by atoms with E-state index in [9.17, 15) is 9.90 Å². The van der Waals surface area contributed by atoms with Gasteiger partial charge in [0.25, 0.3) is 5.91 Å². The molecule has 3 nitrogen and oxygen atoms in total. The molecule has 0 radical (unpaired) electrons. The maximum atomic E-state index is 12.5. The van der Waals surface area contributed by atoms with E-state index in [-0.39, 0.29) is 17.9 Å². The Kier molecular flexibility index (Phi) is 6.88. The van der Waals surface area contributed by atoms with E-state index in [1.807, 2.05) is 68.4 Å². The first-order valence-corrected chi connectivity index (χ1v) is 9.04. The summed E-state index contributed by atoms with van der Waals surface area (Å²) in [5, 5.41) is 12.3. The summed E-state index contributed by atoms with van der Waals surface area (Å²) in [5.74, 6) is -0.0455. The zero-order chi connectivity index (χ0) is 17.4. The van der Waals surface area contributed by atoms with Crippen LogP contribution in [0.1, 0.15) is 37.0 Å². The summed E-state index contributed by atoms with van der Waals surface area (Å²) in [6.45, 7) is 4.84. The van der Waals surface area contributed by atoms with Gasteiger partial charge in [0.15, 0.2) is 0 Å². The van der Waals surface area contributed by atoms with E-state index in [4.69, 9.17) is 0 Å². The van der Waals surface area contributed by atoms with E-state index in [0.717, 1.165) is 22.6 Å². The molecular formula is C20H25NO2S. The molecule has 0 aromatic heterocycles. The van der Waals surface area contributed by atoms with Gasteiger partial charge in [-0.25, -0.2) is 0 Å². The van der Waals surface area contributed by atoms with Crippen molar-refractivity contribution >= 4 is 17.7 Å². The van der Waals surface area contributed by atoms with Gasteiger partial charge in [-0.05, 0) is 42.5 Å². The third-order valence-electron chi connectivity index (χ3n) is 3.85. The van der Waals surface area contributed by atoms with Crippen molar-refractivity contribution in [3.05, 3.63) is 60.2 Å². The van der Waals surface area contributed by atoms with Gasteiger partial charge in [0.2, 0.25) is 0 Å². The molecule has 128 valence electrons. The molecule has 24 heavy (non-hydrogen) atoms. The summed E-state index contributed by atoms with van der Waals surface area (Å²) in [6.07, 6.45) is 1.73. The van der Waals surface area contributed by atoms with Crippen LogP contribution in [-0.2, 0) is 0 Å². The van der Waals surface area contributed by atoms with Crippen LogP contribution in [0.15, 0.2) is 64.4 Å². The number of nitrogens with one attached hydrogen (secondary N) is 1. The van der Waals surface area contributed by atoms with E-state index in [0.29, 0.717) is 12.1 Å². The zero-order valence-electron chi connectivity index (χ0n) is 14.3. The number of hydrogen-bond acceptors (Lipinski definition) is 3. The molecular weight excluding hydrogens is 318 g/mol. The van der Waals surface area contributed by atoms with Crippen LogP contribution in [0, 0.1) is 5.41 Å². The highest BCUT2D eigenvalue weighted by Gasteiger charge is 2.16. The van der Waals surface area contributed by atoms with Gasteiger partial charge in [-0.15, -0.1) is 0 Å². The Morgan fingerprint density at radius 3 is 2.46 bits per heavy atom. The van der Waals surface area contributed by atoms with Gasteiger partial charge in [-0.3, -0.25) is 4.79 Å². The highest BCUT2D eigenvalue weighted by Crippen LogP contribution is 2.30. The van der Waals surface area contributed by atoms with Crippen molar-refractivity contribution in [3.8, 4) is 0 Å². The monoisotopic (exact) mass is 343 g/mol. The van der Waals surface area contributed by atoms with Crippen molar-refractivity contribution in [2.45, 2.75) is 36.5 Å². The lowest BCUT2D eigenvalue weighted by Gasteiger charge is -2.21. The summed E-state index contributed by atoms with van der Waals surface area (Å²) in [6, 6.07) is 17.7. The van der Waals surface area contributed by atoms with Crippen molar-refractivity contribution < 1.29 is 9.90 Å². The van der Waals surface area contributed by atoms with Crippen molar-refractivity contribution in [2.75, 3.05) is 13.2 Å². The zero-order valence-corrected chi connectivity index (χ0v) is 15.1. The second-order valence-electron chi connectivity index (χ2n) is 6.59. The molecule has 2 aromatic rings. The number of carbonyl (C=O) groups excluding carboxylic acids is 1. The second-order valence-corrected chi connectivity index (χ2v) is 7.71. The van der Waals surface area contributed by atoms with Gasteiger partial charge < -0.3 is 10.4 Å². The Morgan fingerprint density at radius 2 is 1.75 bits per heavy atom. The third kappa shape index (κ3) is 5.69. The van der Waals surface area contributed by atoms with Gasteiger partial charge in [0.1, 0.15) is 0 Å². The molecule has 2 aromatic carbocycles. The molecule has 2 rings (SSSR count). The number of rotatable bonds is 8. The van der Waals surface area contributed by atoms with E-state index >= 15 is 0 Å². The van der Waals surface area contributed by atoms with Crippen LogP contribution in [0.25, 0.3) is 0 Å². The molecule has 0 unspecified atom stereocenters. The summed E-state index contributed by atoms with van der Waals surface area (Å²) in [4.78, 5) is 14.5. The first kappa shape index (κ1) is 18.6. The average Bonchev–Trinajstić information content (AvgIpc) is 2.60. The van der Waals surface area contributed by atoms with Crippen molar-refractivity contribution in [1.82, 2.24) is 5.32 Å². The van der Waals surface area contributed by atoms with Crippen LogP contribution in [0.4, 0.5) is 0 Å². The third-order valence-corrected chi connectivity index (χ3v) is 4.93. The molecule has 0 spiro atoms. The smallest absolute Gasteiger partial charge is 0.252 e. The fourth-order valence-electron chi connectivity index (χ4n) is 2.30. The number of hydrogen-bond donors (Lipinski definition) is 2. The fourth-order valence-corrected chi connectivity index (χ4v) is 3.27. The maximum Gasteiger partial charge on any atom is 0.252 e. The summed E-state index contributed by atoms with van der Waals surface area (Å²) < 4.78 is 0. The first-order valence-electron chi connectivity index (χ1n) is 8.23. The molecule has 1 amide bonds. The Morgan fingerprint density at radius 1 is 1.08 bits per heavy atom. The predicted octanol–water partition coefficient (Wildman–Crippen LogP) is 4.37. The molecule has 0 aliphatic rings. The lowest BCUT2D eigenvalue weighted by molar-refractivity contribution is 0.0945. The Balaban J connectivity index is 1.95. The minimum absolute atomic E-state index is 0.0455. The van der Waals surface area contributed by atoms with Crippen molar-refractivity contribution in [2.24, 2.45) is 5.41 Å². The largest absolute Gasteiger partial charge is 0.396 e. The number of benzene rings is 2. The van der Waals surface area contributed by atoms with Crippen molar-refractivity contribution in [1.29, 1.82) is 0 Å². The average molecular weight is 343 g/mol. The molecule has 0 heterocycles. The normalized spacial score (nSPS) is 11.3. The van der Waals surface area contributed by atoms with E-state index in [2.05, 4.69) is 5.32 Å². The molecule has 0 bridgehead atoms. The summed E-state index contributed by atoms with van der Waals surface area (Å²) in [5.41, 5.74) is 0.610. The van der Waals surface area contributed by atoms with Crippen LogP contribution in [0.5, 0.6) is 0 Å². The molecule has 0 aliphatic carbocycles. The number of amides is 1. The summed E-state index contributed by atoms with van der Waals surface area (Å²) in [7, 11) is 0. The number of aliphatic hydroxyl groups is 1. The van der Waals surface area contributed by atoms with Gasteiger partial charge in [0.05, 0.1) is 5.56 Å². The number of aliphatic hydroxyl groups excluding tert-OH is 1. The lowest BCUT2D eigenvalue weighted by atomic mass is 9.89. The SMILES string of the molecule is CC(C)(CO)CCCNC(=O)c1ccccc1Sc1ccccc1.